The van der Waals surface area contributed by atoms with E-state index in [-0.39, 0.29) is 0 Å². The van der Waals surface area contributed by atoms with Crippen molar-refractivity contribution in [2.24, 2.45) is 5.92 Å². The molecule has 2 rings (SSSR count). The molecule has 1 nitrogen and oxygen atoms in total. The lowest BCUT2D eigenvalue weighted by Crippen LogP contribution is -2.53. The van der Waals surface area contributed by atoms with Crippen LogP contribution in [0.15, 0.2) is 12.2 Å². The summed E-state index contributed by atoms with van der Waals surface area (Å²) in [5.41, 5.74) is 1.40. The lowest BCUT2D eigenvalue weighted by molar-refractivity contribution is 0.0479. The Balaban J connectivity index is 1.80. The van der Waals surface area contributed by atoms with Crippen molar-refractivity contribution >= 4 is 0 Å². The Morgan fingerprint density at radius 3 is 3.00 bits per heavy atom. The zero-order valence-corrected chi connectivity index (χ0v) is 8.05. The van der Waals surface area contributed by atoms with Crippen LogP contribution in [0.25, 0.3) is 0 Å². The van der Waals surface area contributed by atoms with Crippen molar-refractivity contribution in [3.8, 4) is 0 Å². The smallest absolute Gasteiger partial charge is 0.0193 e. The van der Waals surface area contributed by atoms with E-state index in [1.54, 1.807) is 0 Å². The van der Waals surface area contributed by atoms with E-state index in [2.05, 4.69) is 18.4 Å². The van der Waals surface area contributed by atoms with E-state index in [0.717, 1.165) is 24.9 Å². The van der Waals surface area contributed by atoms with Gasteiger partial charge in [0.1, 0.15) is 0 Å². The topological polar surface area (TPSA) is 3.24 Å². The second kappa shape index (κ2) is 3.21. The second-order valence-electron chi connectivity index (χ2n) is 4.29. The van der Waals surface area contributed by atoms with Gasteiger partial charge in [0.2, 0.25) is 0 Å². The van der Waals surface area contributed by atoms with Gasteiger partial charge < -0.3 is 0 Å². The highest BCUT2D eigenvalue weighted by molar-refractivity contribution is 5.04. The van der Waals surface area contributed by atoms with E-state index >= 15 is 0 Å². The highest BCUT2D eigenvalue weighted by Crippen LogP contribution is 2.38. The molecule has 0 radical (unpaired) electrons. The van der Waals surface area contributed by atoms with Gasteiger partial charge in [-0.1, -0.05) is 25.5 Å². The van der Waals surface area contributed by atoms with E-state index < -0.39 is 0 Å². The van der Waals surface area contributed by atoms with Crippen LogP contribution in [0.4, 0.5) is 0 Å². The van der Waals surface area contributed by atoms with Crippen LogP contribution >= 0.6 is 0 Å². The predicted molar refractivity (Wildman–Crippen MR) is 52.1 cm³/mol. The van der Waals surface area contributed by atoms with Crippen molar-refractivity contribution in [2.45, 2.75) is 38.6 Å². The fraction of sp³-hybridized carbons (Fsp3) is 0.818. The van der Waals surface area contributed by atoms with Gasteiger partial charge >= 0.3 is 0 Å². The molecule has 0 N–H and O–H groups in total. The molecular formula is C11H19N. The Morgan fingerprint density at radius 1 is 1.50 bits per heavy atom. The fourth-order valence-corrected chi connectivity index (χ4v) is 2.59. The predicted octanol–water partition coefficient (Wildman–Crippen LogP) is 2.44. The SMILES string of the molecule is C=C(CC)CN1CC2CCCC21. The number of fused-ring (bicyclic) bond motifs is 1. The summed E-state index contributed by atoms with van der Waals surface area (Å²) >= 11 is 0. The first-order chi connectivity index (χ1) is 5.81. The fourth-order valence-electron chi connectivity index (χ4n) is 2.59. The zero-order valence-electron chi connectivity index (χ0n) is 8.05. The molecule has 0 spiro atoms. The van der Waals surface area contributed by atoms with Gasteiger partial charge in [-0.25, -0.2) is 0 Å². The van der Waals surface area contributed by atoms with Crippen LogP contribution in [-0.2, 0) is 0 Å². The standard InChI is InChI=1S/C11H19N/c1-3-9(2)7-12-8-10-5-4-6-11(10)12/h10-11H,2-8H2,1H3. The maximum Gasteiger partial charge on any atom is 0.0193 e. The molecule has 0 aromatic heterocycles. The number of hydrogen-bond donors (Lipinski definition) is 0. The molecule has 2 atom stereocenters. The molecule has 1 saturated carbocycles. The van der Waals surface area contributed by atoms with Crippen LogP contribution in [0.5, 0.6) is 0 Å². The Bertz CT molecular complexity index is 185. The summed E-state index contributed by atoms with van der Waals surface area (Å²) in [5.74, 6) is 1.05. The van der Waals surface area contributed by atoms with E-state index in [0.29, 0.717) is 0 Å². The molecule has 1 heterocycles. The summed E-state index contributed by atoms with van der Waals surface area (Å²) in [5, 5.41) is 0. The van der Waals surface area contributed by atoms with Gasteiger partial charge in [-0.2, -0.15) is 0 Å². The third-order valence-corrected chi connectivity index (χ3v) is 3.48. The third kappa shape index (κ3) is 1.31. The molecule has 1 saturated heterocycles. The van der Waals surface area contributed by atoms with Crippen molar-refractivity contribution in [1.29, 1.82) is 0 Å². The summed E-state index contributed by atoms with van der Waals surface area (Å²) in [7, 11) is 0. The molecule has 12 heavy (non-hydrogen) atoms. The van der Waals surface area contributed by atoms with Gasteiger partial charge in [0.05, 0.1) is 0 Å². The molecule has 0 aromatic rings. The average Bonchev–Trinajstić information content (AvgIpc) is 2.42. The third-order valence-electron chi connectivity index (χ3n) is 3.48. The first-order valence-corrected chi connectivity index (χ1v) is 5.22. The van der Waals surface area contributed by atoms with Crippen molar-refractivity contribution in [3.63, 3.8) is 0 Å². The van der Waals surface area contributed by atoms with Gasteiger partial charge in [-0.3, -0.25) is 4.90 Å². The van der Waals surface area contributed by atoms with Crippen LogP contribution in [0.3, 0.4) is 0 Å². The minimum Gasteiger partial charge on any atom is -0.296 e. The largest absolute Gasteiger partial charge is 0.296 e. The van der Waals surface area contributed by atoms with Crippen LogP contribution in [0.1, 0.15) is 32.6 Å². The number of nitrogens with zero attached hydrogens (tertiary/aromatic N) is 1. The first kappa shape index (κ1) is 8.31. The molecule has 0 amide bonds. The number of rotatable bonds is 3. The molecule has 1 aliphatic carbocycles. The molecular weight excluding hydrogens is 146 g/mol. The average molecular weight is 165 g/mol. The van der Waals surface area contributed by atoms with Crippen molar-refractivity contribution in [1.82, 2.24) is 4.90 Å². The number of hydrogen-bond acceptors (Lipinski definition) is 1. The van der Waals surface area contributed by atoms with Crippen molar-refractivity contribution in [3.05, 3.63) is 12.2 Å². The summed E-state index contributed by atoms with van der Waals surface area (Å²) in [6.45, 7) is 8.79. The van der Waals surface area contributed by atoms with Gasteiger partial charge in [0.25, 0.3) is 0 Å². The Labute approximate surface area is 75.4 Å². The lowest BCUT2D eigenvalue weighted by Gasteiger charge is -2.45. The Morgan fingerprint density at radius 2 is 2.33 bits per heavy atom. The molecule has 68 valence electrons. The maximum absolute atomic E-state index is 4.07. The highest BCUT2D eigenvalue weighted by atomic mass is 15.2. The molecule has 0 bridgehead atoms. The minimum atomic E-state index is 0.938. The summed E-state index contributed by atoms with van der Waals surface area (Å²) in [6, 6.07) is 0.938. The monoisotopic (exact) mass is 165 g/mol. The summed E-state index contributed by atoms with van der Waals surface area (Å²) in [4.78, 5) is 2.61. The van der Waals surface area contributed by atoms with E-state index in [1.807, 2.05) is 0 Å². The first-order valence-electron chi connectivity index (χ1n) is 5.22. The van der Waals surface area contributed by atoms with E-state index in [9.17, 15) is 0 Å². The van der Waals surface area contributed by atoms with Crippen LogP contribution in [0, 0.1) is 5.92 Å². The molecule has 2 aliphatic rings. The molecule has 0 aromatic carbocycles. The normalized spacial score (nSPS) is 34.4. The molecule has 2 unspecified atom stereocenters. The minimum absolute atomic E-state index is 0.938. The molecule has 1 heteroatoms. The zero-order chi connectivity index (χ0) is 8.55. The van der Waals surface area contributed by atoms with Crippen LogP contribution in [-0.4, -0.2) is 24.0 Å². The molecule has 1 aliphatic heterocycles. The van der Waals surface area contributed by atoms with E-state index in [4.69, 9.17) is 0 Å². The molecule has 2 fully saturated rings. The lowest BCUT2D eigenvalue weighted by atomic mass is 9.91. The van der Waals surface area contributed by atoms with Crippen molar-refractivity contribution < 1.29 is 0 Å². The van der Waals surface area contributed by atoms with Crippen LogP contribution < -0.4 is 0 Å². The Hall–Kier alpha value is -0.300. The van der Waals surface area contributed by atoms with Gasteiger partial charge in [0, 0.05) is 19.1 Å². The van der Waals surface area contributed by atoms with Gasteiger partial charge in [-0.05, 0) is 25.2 Å². The Kier molecular flexibility index (Phi) is 2.22. The summed E-state index contributed by atoms with van der Waals surface area (Å²) in [6.07, 6.45) is 5.54. The highest BCUT2D eigenvalue weighted by Gasteiger charge is 2.41. The van der Waals surface area contributed by atoms with Gasteiger partial charge in [-0.15, -0.1) is 0 Å². The van der Waals surface area contributed by atoms with E-state index in [1.165, 1.54) is 31.4 Å². The van der Waals surface area contributed by atoms with Crippen LogP contribution in [0.2, 0.25) is 0 Å². The number of likely N-dealkylation sites (tertiary alicyclic amines) is 1. The van der Waals surface area contributed by atoms with Gasteiger partial charge in [0.15, 0.2) is 0 Å². The maximum atomic E-state index is 4.07. The summed E-state index contributed by atoms with van der Waals surface area (Å²) < 4.78 is 0. The quantitative estimate of drug-likeness (QED) is 0.581. The second-order valence-corrected chi connectivity index (χ2v) is 4.29. The van der Waals surface area contributed by atoms with Crippen molar-refractivity contribution in [2.75, 3.05) is 13.1 Å².